The number of β-amino-alcohol motifs (C(OH)–C–C–N with tert-alkyl or cyclic N) is 1. The molecule has 0 aromatic heterocycles. The highest BCUT2D eigenvalue weighted by Gasteiger charge is 2.38. The topological polar surface area (TPSA) is 81.1 Å². The van der Waals surface area contributed by atoms with Crippen LogP contribution >= 0.6 is 0 Å². The Bertz CT molecular complexity index is 387. The number of rotatable bonds is 1. The molecule has 2 amide bonds. The van der Waals surface area contributed by atoms with Crippen molar-refractivity contribution in [3.8, 4) is 0 Å². The molecule has 4 atom stereocenters. The van der Waals surface area contributed by atoms with Crippen LogP contribution in [0.1, 0.15) is 33.1 Å². The summed E-state index contributed by atoms with van der Waals surface area (Å²) in [5.74, 6) is -0.418. The Morgan fingerprint density at radius 2 is 1.85 bits per heavy atom. The summed E-state index contributed by atoms with van der Waals surface area (Å²) < 4.78 is 0. The van der Waals surface area contributed by atoms with Crippen molar-refractivity contribution in [2.24, 2.45) is 11.8 Å². The summed E-state index contributed by atoms with van der Waals surface area (Å²) in [5, 5.41) is 19.2. The third kappa shape index (κ3) is 3.06. The maximum Gasteiger partial charge on any atom is 0.326 e. The van der Waals surface area contributed by atoms with Gasteiger partial charge in [0.1, 0.15) is 6.04 Å². The lowest BCUT2D eigenvalue weighted by atomic mass is 9.92. The zero-order valence-electron chi connectivity index (χ0n) is 12.2. The van der Waals surface area contributed by atoms with Crippen LogP contribution in [0.15, 0.2) is 0 Å². The van der Waals surface area contributed by atoms with Gasteiger partial charge < -0.3 is 20.0 Å². The van der Waals surface area contributed by atoms with Crippen LogP contribution in [0, 0.1) is 11.8 Å². The molecule has 6 heteroatoms. The molecule has 114 valence electrons. The number of aliphatic hydroxyl groups excluding tert-OH is 1. The van der Waals surface area contributed by atoms with Gasteiger partial charge in [0.05, 0.1) is 6.10 Å². The van der Waals surface area contributed by atoms with Crippen molar-refractivity contribution in [1.82, 2.24) is 9.80 Å². The van der Waals surface area contributed by atoms with Crippen LogP contribution in [-0.4, -0.2) is 63.8 Å². The Morgan fingerprint density at radius 1 is 1.15 bits per heavy atom. The molecule has 2 aliphatic heterocycles. The van der Waals surface area contributed by atoms with Gasteiger partial charge >= 0.3 is 12.0 Å². The number of carboxylic acids is 1. The molecule has 0 spiro atoms. The molecule has 0 aliphatic carbocycles. The first-order valence-corrected chi connectivity index (χ1v) is 7.36. The SMILES string of the molecule is CC1CCN(C(=O)N2CCC(C)C(O)C2)C(C(=O)O)C1. The molecular weight excluding hydrogens is 260 g/mol. The van der Waals surface area contributed by atoms with E-state index in [1.54, 1.807) is 4.90 Å². The summed E-state index contributed by atoms with van der Waals surface area (Å²) in [7, 11) is 0. The van der Waals surface area contributed by atoms with Crippen molar-refractivity contribution in [3.05, 3.63) is 0 Å². The van der Waals surface area contributed by atoms with Gasteiger partial charge in [-0.15, -0.1) is 0 Å². The second-order valence-electron chi connectivity index (χ2n) is 6.24. The molecule has 2 fully saturated rings. The molecule has 4 unspecified atom stereocenters. The largest absolute Gasteiger partial charge is 0.480 e. The number of hydrogen-bond acceptors (Lipinski definition) is 3. The Labute approximate surface area is 119 Å². The predicted octanol–water partition coefficient (Wildman–Crippen LogP) is 0.994. The molecule has 2 heterocycles. The molecule has 0 bridgehead atoms. The number of hydrogen-bond donors (Lipinski definition) is 2. The number of likely N-dealkylation sites (tertiary alicyclic amines) is 2. The minimum absolute atomic E-state index is 0.190. The third-order valence-corrected chi connectivity index (χ3v) is 4.58. The number of piperidine rings is 2. The second-order valence-corrected chi connectivity index (χ2v) is 6.24. The van der Waals surface area contributed by atoms with E-state index in [0.717, 1.165) is 12.8 Å². The van der Waals surface area contributed by atoms with Gasteiger partial charge in [0.25, 0.3) is 0 Å². The maximum atomic E-state index is 12.5. The Kier molecular flexibility index (Phi) is 4.52. The van der Waals surface area contributed by atoms with E-state index < -0.39 is 18.1 Å². The molecule has 2 N–H and O–H groups in total. The fourth-order valence-corrected chi connectivity index (χ4v) is 3.01. The van der Waals surface area contributed by atoms with Crippen molar-refractivity contribution in [2.45, 2.75) is 45.3 Å². The van der Waals surface area contributed by atoms with Crippen LogP contribution in [0.4, 0.5) is 4.79 Å². The first kappa shape index (κ1) is 15.1. The number of carbonyl (C=O) groups excluding carboxylic acids is 1. The summed E-state index contributed by atoms with van der Waals surface area (Å²) in [4.78, 5) is 26.9. The molecular formula is C14H24N2O4. The zero-order chi connectivity index (χ0) is 14.9. The van der Waals surface area contributed by atoms with Crippen LogP contribution in [-0.2, 0) is 4.79 Å². The van der Waals surface area contributed by atoms with Crippen LogP contribution in [0.5, 0.6) is 0 Å². The van der Waals surface area contributed by atoms with Gasteiger partial charge in [-0.1, -0.05) is 13.8 Å². The van der Waals surface area contributed by atoms with Crippen LogP contribution in [0.25, 0.3) is 0 Å². The summed E-state index contributed by atoms with van der Waals surface area (Å²) in [6, 6.07) is -0.974. The van der Waals surface area contributed by atoms with Crippen molar-refractivity contribution in [1.29, 1.82) is 0 Å². The summed E-state index contributed by atoms with van der Waals surface area (Å²) in [6.07, 6.45) is 1.59. The molecule has 2 rings (SSSR count). The highest BCUT2D eigenvalue weighted by Crippen LogP contribution is 2.25. The highest BCUT2D eigenvalue weighted by molar-refractivity contribution is 5.83. The van der Waals surface area contributed by atoms with Gasteiger partial charge in [-0.05, 0) is 31.1 Å². The fraction of sp³-hybridized carbons (Fsp3) is 0.857. The molecule has 0 radical (unpaired) electrons. The van der Waals surface area contributed by atoms with E-state index in [0.29, 0.717) is 32.0 Å². The van der Waals surface area contributed by atoms with E-state index in [9.17, 15) is 19.8 Å². The Hall–Kier alpha value is -1.30. The quantitative estimate of drug-likeness (QED) is 0.752. The number of carboxylic acid groups (broad SMARTS) is 1. The number of aliphatic hydroxyl groups is 1. The molecule has 2 aliphatic rings. The molecule has 0 aromatic carbocycles. The van der Waals surface area contributed by atoms with E-state index in [1.807, 2.05) is 13.8 Å². The van der Waals surface area contributed by atoms with Gasteiger partial charge in [-0.2, -0.15) is 0 Å². The van der Waals surface area contributed by atoms with E-state index in [2.05, 4.69) is 0 Å². The van der Waals surface area contributed by atoms with E-state index in [1.165, 1.54) is 4.90 Å². The standard InChI is InChI=1S/C14H24N2O4/c1-9-3-6-16(11(7-9)13(18)19)14(20)15-5-4-10(2)12(17)8-15/h9-12,17H,3-8H2,1-2H3,(H,18,19). The first-order valence-electron chi connectivity index (χ1n) is 7.36. The maximum absolute atomic E-state index is 12.5. The van der Waals surface area contributed by atoms with Gasteiger partial charge in [-0.25, -0.2) is 9.59 Å². The van der Waals surface area contributed by atoms with Gasteiger partial charge in [0.15, 0.2) is 0 Å². The Morgan fingerprint density at radius 3 is 2.45 bits per heavy atom. The molecule has 2 saturated heterocycles. The number of amides is 2. The molecule has 0 saturated carbocycles. The molecule has 20 heavy (non-hydrogen) atoms. The zero-order valence-corrected chi connectivity index (χ0v) is 12.2. The Balaban J connectivity index is 2.05. The predicted molar refractivity (Wildman–Crippen MR) is 73.3 cm³/mol. The number of nitrogens with zero attached hydrogens (tertiary/aromatic N) is 2. The lowest BCUT2D eigenvalue weighted by Crippen LogP contribution is -2.57. The molecule has 6 nitrogen and oxygen atoms in total. The average molecular weight is 284 g/mol. The lowest BCUT2D eigenvalue weighted by molar-refractivity contribution is -0.144. The monoisotopic (exact) mass is 284 g/mol. The van der Waals surface area contributed by atoms with Crippen LogP contribution in [0.3, 0.4) is 0 Å². The number of aliphatic carboxylic acids is 1. The van der Waals surface area contributed by atoms with Crippen molar-refractivity contribution >= 4 is 12.0 Å². The minimum Gasteiger partial charge on any atom is -0.480 e. The highest BCUT2D eigenvalue weighted by atomic mass is 16.4. The van der Waals surface area contributed by atoms with Crippen molar-refractivity contribution < 1.29 is 19.8 Å². The lowest BCUT2D eigenvalue weighted by Gasteiger charge is -2.41. The van der Waals surface area contributed by atoms with Gasteiger partial charge in [-0.3, -0.25) is 0 Å². The molecule has 0 aromatic rings. The van der Waals surface area contributed by atoms with Crippen LogP contribution < -0.4 is 0 Å². The summed E-state index contributed by atoms with van der Waals surface area (Å²) in [5.41, 5.74) is 0. The van der Waals surface area contributed by atoms with E-state index in [-0.39, 0.29) is 11.9 Å². The second kappa shape index (κ2) is 5.99. The smallest absolute Gasteiger partial charge is 0.326 e. The first-order chi connectivity index (χ1) is 9.40. The normalized spacial score (nSPS) is 35.0. The number of carbonyl (C=O) groups is 2. The number of urea groups is 1. The van der Waals surface area contributed by atoms with E-state index >= 15 is 0 Å². The van der Waals surface area contributed by atoms with Crippen molar-refractivity contribution in [2.75, 3.05) is 19.6 Å². The van der Waals surface area contributed by atoms with Crippen molar-refractivity contribution in [3.63, 3.8) is 0 Å². The summed E-state index contributed by atoms with van der Waals surface area (Å²) >= 11 is 0. The minimum atomic E-state index is -0.934. The summed E-state index contributed by atoms with van der Waals surface area (Å²) in [6.45, 7) is 5.37. The fourth-order valence-electron chi connectivity index (χ4n) is 3.01. The van der Waals surface area contributed by atoms with Gasteiger partial charge in [0, 0.05) is 19.6 Å². The average Bonchev–Trinajstić information content (AvgIpc) is 2.41. The van der Waals surface area contributed by atoms with E-state index in [4.69, 9.17) is 0 Å². The van der Waals surface area contributed by atoms with Gasteiger partial charge in [0.2, 0.25) is 0 Å². The van der Waals surface area contributed by atoms with Crippen LogP contribution in [0.2, 0.25) is 0 Å². The third-order valence-electron chi connectivity index (χ3n) is 4.58.